The lowest BCUT2D eigenvalue weighted by Crippen LogP contribution is -2.47. The first-order valence-corrected chi connectivity index (χ1v) is 8.02. The van der Waals surface area contributed by atoms with Crippen LogP contribution >= 0.6 is 0 Å². The zero-order valence-corrected chi connectivity index (χ0v) is 14.8. The van der Waals surface area contributed by atoms with E-state index in [1.807, 2.05) is 0 Å². The van der Waals surface area contributed by atoms with Gasteiger partial charge in [-0.05, 0) is 36.8 Å². The van der Waals surface area contributed by atoms with Crippen LogP contribution in [0.5, 0.6) is 11.5 Å². The lowest BCUT2D eigenvalue weighted by atomic mass is 10.1. The third-order valence-electron chi connectivity index (χ3n) is 3.58. The molecule has 2 aromatic rings. The average molecular weight is 373 g/mol. The van der Waals surface area contributed by atoms with Crippen molar-refractivity contribution in [3.8, 4) is 11.5 Å². The summed E-state index contributed by atoms with van der Waals surface area (Å²) < 4.78 is 10.4. The summed E-state index contributed by atoms with van der Waals surface area (Å²) in [6, 6.07) is 12.3. The van der Waals surface area contributed by atoms with E-state index in [0.29, 0.717) is 11.5 Å². The van der Waals surface area contributed by atoms with Crippen LogP contribution in [0.15, 0.2) is 48.5 Å². The maximum atomic E-state index is 12.0. The molecule has 2 N–H and O–H groups in total. The van der Waals surface area contributed by atoms with E-state index in [-0.39, 0.29) is 12.1 Å². The molecule has 0 saturated carbocycles. The second-order valence-corrected chi connectivity index (χ2v) is 5.57. The van der Waals surface area contributed by atoms with Gasteiger partial charge in [-0.15, -0.1) is 0 Å². The van der Waals surface area contributed by atoms with E-state index in [1.54, 1.807) is 31.4 Å². The number of benzene rings is 2. The topological polar surface area (TPSA) is 120 Å². The first-order chi connectivity index (χ1) is 12.9. The summed E-state index contributed by atoms with van der Waals surface area (Å²) in [5, 5.41) is 10.6. The first-order valence-electron chi connectivity index (χ1n) is 8.02. The van der Waals surface area contributed by atoms with Gasteiger partial charge in [-0.1, -0.05) is 12.1 Å². The van der Waals surface area contributed by atoms with Gasteiger partial charge in [0.15, 0.2) is 6.10 Å². The van der Waals surface area contributed by atoms with Crippen molar-refractivity contribution >= 4 is 17.5 Å². The van der Waals surface area contributed by atoms with Crippen molar-refractivity contribution in [1.29, 1.82) is 0 Å². The van der Waals surface area contributed by atoms with Gasteiger partial charge in [0.2, 0.25) is 5.91 Å². The maximum Gasteiger partial charge on any atom is 0.279 e. The van der Waals surface area contributed by atoms with Crippen LogP contribution in [-0.2, 0) is 16.0 Å². The van der Waals surface area contributed by atoms with Crippen LogP contribution in [0.3, 0.4) is 0 Å². The minimum Gasteiger partial charge on any atom is -0.497 e. The van der Waals surface area contributed by atoms with Crippen LogP contribution in [0.2, 0.25) is 0 Å². The van der Waals surface area contributed by atoms with Gasteiger partial charge in [0, 0.05) is 12.1 Å². The van der Waals surface area contributed by atoms with Crippen molar-refractivity contribution in [2.75, 3.05) is 7.11 Å². The Morgan fingerprint density at radius 3 is 2.19 bits per heavy atom. The van der Waals surface area contributed by atoms with Gasteiger partial charge in [0.05, 0.1) is 18.5 Å². The summed E-state index contributed by atoms with van der Waals surface area (Å²) >= 11 is 0. The van der Waals surface area contributed by atoms with E-state index < -0.39 is 22.8 Å². The molecule has 2 aromatic carbocycles. The van der Waals surface area contributed by atoms with Crippen molar-refractivity contribution in [2.24, 2.45) is 0 Å². The molecule has 2 rings (SSSR count). The average Bonchev–Trinajstić information content (AvgIpc) is 2.67. The summed E-state index contributed by atoms with van der Waals surface area (Å²) in [6.07, 6.45) is -0.824. The van der Waals surface area contributed by atoms with E-state index in [1.165, 1.54) is 31.2 Å². The van der Waals surface area contributed by atoms with Gasteiger partial charge in [-0.3, -0.25) is 30.6 Å². The standard InChI is InChI=1S/C18H19N3O6/c1-12(27-16-9-5-14(6-10-16)21(24)25)18(23)20-19-17(22)11-13-3-7-15(26-2)8-4-13/h3-10,12H,11H2,1-2H3,(H,19,22)(H,20,23). The highest BCUT2D eigenvalue weighted by Crippen LogP contribution is 2.18. The molecule has 2 amide bonds. The van der Waals surface area contributed by atoms with Crippen molar-refractivity contribution in [3.05, 3.63) is 64.2 Å². The molecule has 0 fully saturated rings. The lowest BCUT2D eigenvalue weighted by molar-refractivity contribution is -0.384. The Morgan fingerprint density at radius 2 is 1.63 bits per heavy atom. The lowest BCUT2D eigenvalue weighted by Gasteiger charge is -2.15. The normalized spacial score (nSPS) is 11.2. The number of amides is 2. The molecule has 27 heavy (non-hydrogen) atoms. The number of carbonyl (C=O) groups excluding carboxylic acids is 2. The molecule has 9 heteroatoms. The molecule has 0 aliphatic heterocycles. The molecule has 0 saturated heterocycles. The smallest absolute Gasteiger partial charge is 0.279 e. The van der Waals surface area contributed by atoms with Crippen LogP contribution < -0.4 is 20.3 Å². The highest BCUT2D eigenvalue weighted by molar-refractivity contribution is 5.85. The second-order valence-electron chi connectivity index (χ2n) is 5.57. The Morgan fingerprint density at radius 1 is 1.04 bits per heavy atom. The Hall–Kier alpha value is -3.62. The SMILES string of the molecule is COc1ccc(CC(=O)NNC(=O)C(C)Oc2ccc([N+](=O)[O-])cc2)cc1. The number of hydrogen-bond donors (Lipinski definition) is 2. The summed E-state index contributed by atoms with van der Waals surface area (Å²) in [6.45, 7) is 1.49. The van der Waals surface area contributed by atoms with Gasteiger partial charge in [-0.2, -0.15) is 0 Å². The van der Waals surface area contributed by atoms with E-state index in [9.17, 15) is 19.7 Å². The van der Waals surface area contributed by atoms with Gasteiger partial charge in [0.1, 0.15) is 11.5 Å². The van der Waals surface area contributed by atoms with Crippen LogP contribution in [-0.4, -0.2) is 30.0 Å². The number of nitrogens with one attached hydrogen (secondary N) is 2. The van der Waals surface area contributed by atoms with Crippen LogP contribution in [0.4, 0.5) is 5.69 Å². The molecule has 0 spiro atoms. The fraction of sp³-hybridized carbons (Fsp3) is 0.222. The maximum absolute atomic E-state index is 12.0. The minimum atomic E-state index is -0.909. The number of hydrazine groups is 1. The molecule has 0 radical (unpaired) electrons. The Bertz CT molecular complexity index is 805. The minimum absolute atomic E-state index is 0.0785. The fourth-order valence-electron chi connectivity index (χ4n) is 2.11. The largest absolute Gasteiger partial charge is 0.497 e. The van der Waals surface area contributed by atoms with Gasteiger partial charge in [-0.25, -0.2) is 0 Å². The number of ether oxygens (including phenoxy) is 2. The Labute approximate surface area is 155 Å². The summed E-state index contributed by atoms with van der Waals surface area (Å²) in [5.41, 5.74) is 5.27. The molecular formula is C18H19N3O6. The van der Waals surface area contributed by atoms with Crippen molar-refractivity contribution < 1.29 is 24.0 Å². The molecule has 1 unspecified atom stereocenters. The van der Waals surface area contributed by atoms with E-state index in [4.69, 9.17) is 9.47 Å². The zero-order chi connectivity index (χ0) is 19.8. The van der Waals surface area contributed by atoms with Crippen LogP contribution in [0, 0.1) is 10.1 Å². The number of nitro benzene ring substituents is 1. The number of methoxy groups -OCH3 is 1. The predicted octanol–water partition coefficient (Wildman–Crippen LogP) is 1.76. The van der Waals surface area contributed by atoms with Crippen LogP contribution in [0.25, 0.3) is 0 Å². The quantitative estimate of drug-likeness (QED) is 0.564. The van der Waals surface area contributed by atoms with Crippen molar-refractivity contribution in [3.63, 3.8) is 0 Å². The molecule has 0 aliphatic rings. The van der Waals surface area contributed by atoms with Gasteiger partial charge in [0.25, 0.3) is 11.6 Å². The van der Waals surface area contributed by atoms with Gasteiger partial charge < -0.3 is 9.47 Å². The Kier molecular flexibility index (Phi) is 6.70. The summed E-state index contributed by atoms with van der Waals surface area (Å²) in [4.78, 5) is 34.0. The number of carbonyl (C=O) groups is 2. The van der Waals surface area contributed by atoms with Gasteiger partial charge >= 0.3 is 0 Å². The molecule has 0 aliphatic carbocycles. The molecule has 0 aromatic heterocycles. The molecular weight excluding hydrogens is 354 g/mol. The number of hydrogen-bond acceptors (Lipinski definition) is 6. The zero-order valence-electron chi connectivity index (χ0n) is 14.8. The molecule has 0 bridgehead atoms. The number of non-ortho nitro benzene ring substituents is 1. The predicted molar refractivity (Wildman–Crippen MR) is 96.2 cm³/mol. The van der Waals surface area contributed by atoms with E-state index >= 15 is 0 Å². The first kappa shape index (κ1) is 19.7. The summed E-state index contributed by atoms with van der Waals surface area (Å²) in [7, 11) is 1.55. The monoisotopic (exact) mass is 373 g/mol. The molecule has 1 atom stereocenters. The molecule has 0 heterocycles. The number of nitrogens with zero attached hydrogens (tertiary/aromatic N) is 1. The Balaban J connectivity index is 1.79. The third kappa shape index (κ3) is 5.99. The third-order valence-corrected chi connectivity index (χ3v) is 3.58. The summed E-state index contributed by atoms with van der Waals surface area (Å²) in [5.74, 6) is 0.0324. The van der Waals surface area contributed by atoms with E-state index in [0.717, 1.165) is 5.56 Å². The number of rotatable bonds is 7. The fourth-order valence-corrected chi connectivity index (χ4v) is 2.11. The molecule has 142 valence electrons. The highest BCUT2D eigenvalue weighted by Gasteiger charge is 2.16. The van der Waals surface area contributed by atoms with Crippen LogP contribution in [0.1, 0.15) is 12.5 Å². The van der Waals surface area contributed by atoms with Crippen molar-refractivity contribution in [1.82, 2.24) is 10.9 Å². The highest BCUT2D eigenvalue weighted by atomic mass is 16.6. The van der Waals surface area contributed by atoms with E-state index in [2.05, 4.69) is 10.9 Å². The number of nitro groups is 1. The molecule has 9 nitrogen and oxygen atoms in total. The van der Waals surface area contributed by atoms with Crippen molar-refractivity contribution in [2.45, 2.75) is 19.4 Å². The second kappa shape index (κ2) is 9.18.